The van der Waals surface area contributed by atoms with Crippen LogP contribution in [-0.2, 0) is 6.61 Å². The van der Waals surface area contributed by atoms with Gasteiger partial charge in [-0.15, -0.1) is 0 Å². The fourth-order valence-corrected chi connectivity index (χ4v) is 1.81. The molecule has 2 rings (SSSR count). The molecule has 1 heterocycles. The molecule has 0 spiro atoms. The molecule has 0 aliphatic heterocycles. The Bertz CT molecular complexity index is 534. The van der Waals surface area contributed by atoms with E-state index in [9.17, 15) is 4.39 Å². The number of methoxy groups -OCH3 is 1. The monoisotopic (exact) mass is 311 g/mol. The summed E-state index contributed by atoms with van der Waals surface area (Å²) in [6.07, 6.45) is 0. The molecule has 0 atom stereocenters. The minimum Gasteiger partial charge on any atom is -0.479 e. The summed E-state index contributed by atoms with van der Waals surface area (Å²) < 4.78 is 24.1. The molecular formula is C13H11BrFNO2. The lowest BCUT2D eigenvalue weighted by atomic mass is 10.2. The third kappa shape index (κ3) is 2.98. The Hall–Kier alpha value is -1.62. The first-order valence-corrected chi connectivity index (χ1v) is 6.06. The molecule has 0 saturated carbocycles. The van der Waals surface area contributed by atoms with Crippen LogP contribution in [0.15, 0.2) is 40.9 Å². The SMILES string of the molecule is COc1nc(OCc2ccccc2)c(Br)cc1F. The second-order valence-electron chi connectivity index (χ2n) is 3.54. The summed E-state index contributed by atoms with van der Waals surface area (Å²) in [6, 6.07) is 10.9. The first-order chi connectivity index (χ1) is 8.70. The van der Waals surface area contributed by atoms with Crippen LogP contribution in [-0.4, -0.2) is 12.1 Å². The van der Waals surface area contributed by atoms with Crippen LogP contribution >= 0.6 is 15.9 Å². The first kappa shape index (κ1) is 12.8. The predicted molar refractivity (Wildman–Crippen MR) is 69.2 cm³/mol. The van der Waals surface area contributed by atoms with Gasteiger partial charge in [0.2, 0.25) is 5.88 Å². The highest BCUT2D eigenvalue weighted by atomic mass is 79.9. The van der Waals surface area contributed by atoms with E-state index in [1.165, 1.54) is 13.2 Å². The van der Waals surface area contributed by atoms with Crippen molar-refractivity contribution >= 4 is 15.9 Å². The lowest BCUT2D eigenvalue weighted by Crippen LogP contribution is -2.00. The Labute approximate surface area is 113 Å². The highest BCUT2D eigenvalue weighted by Crippen LogP contribution is 2.28. The molecule has 0 bridgehead atoms. The normalized spacial score (nSPS) is 10.2. The number of hydrogen-bond donors (Lipinski definition) is 0. The summed E-state index contributed by atoms with van der Waals surface area (Å²) in [4.78, 5) is 3.94. The smallest absolute Gasteiger partial charge is 0.253 e. The van der Waals surface area contributed by atoms with Crippen LogP contribution in [0.25, 0.3) is 0 Å². The van der Waals surface area contributed by atoms with Gasteiger partial charge >= 0.3 is 0 Å². The van der Waals surface area contributed by atoms with Gasteiger partial charge in [0, 0.05) is 0 Å². The lowest BCUT2D eigenvalue weighted by molar-refractivity contribution is 0.281. The Balaban J connectivity index is 2.14. The average molecular weight is 312 g/mol. The highest BCUT2D eigenvalue weighted by molar-refractivity contribution is 9.10. The number of ether oxygens (including phenoxy) is 2. The van der Waals surface area contributed by atoms with E-state index in [-0.39, 0.29) is 5.88 Å². The number of benzene rings is 1. The largest absolute Gasteiger partial charge is 0.479 e. The van der Waals surface area contributed by atoms with Crippen molar-refractivity contribution in [2.24, 2.45) is 0 Å². The maximum absolute atomic E-state index is 13.3. The van der Waals surface area contributed by atoms with E-state index in [4.69, 9.17) is 9.47 Å². The van der Waals surface area contributed by atoms with Gasteiger partial charge in [-0.05, 0) is 27.6 Å². The average Bonchev–Trinajstić information content (AvgIpc) is 2.39. The fraction of sp³-hybridized carbons (Fsp3) is 0.154. The first-order valence-electron chi connectivity index (χ1n) is 5.27. The van der Waals surface area contributed by atoms with Crippen molar-refractivity contribution in [3.05, 3.63) is 52.3 Å². The van der Waals surface area contributed by atoms with Crippen molar-refractivity contribution < 1.29 is 13.9 Å². The van der Waals surface area contributed by atoms with E-state index in [0.717, 1.165) is 5.56 Å². The number of halogens is 2. The van der Waals surface area contributed by atoms with Gasteiger partial charge in [0.1, 0.15) is 6.61 Å². The standard InChI is InChI=1S/C13H11BrFNO2/c1-17-13-11(15)7-10(14)12(16-13)18-8-9-5-3-2-4-6-9/h2-7H,8H2,1H3. The fourth-order valence-electron chi connectivity index (χ4n) is 1.40. The van der Waals surface area contributed by atoms with E-state index in [1.807, 2.05) is 30.3 Å². The van der Waals surface area contributed by atoms with E-state index >= 15 is 0 Å². The van der Waals surface area contributed by atoms with Crippen molar-refractivity contribution in [3.63, 3.8) is 0 Å². The van der Waals surface area contributed by atoms with E-state index in [0.29, 0.717) is 17.0 Å². The minimum atomic E-state index is -0.531. The van der Waals surface area contributed by atoms with E-state index in [1.54, 1.807) is 0 Å². The van der Waals surface area contributed by atoms with Crippen LogP contribution in [0, 0.1) is 5.82 Å². The van der Waals surface area contributed by atoms with Gasteiger partial charge in [-0.25, -0.2) is 4.39 Å². The molecule has 5 heteroatoms. The second kappa shape index (κ2) is 5.82. The van der Waals surface area contributed by atoms with Crippen molar-refractivity contribution in [1.29, 1.82) is 0 Å². The predicted octanol–water partition coefficient (Wildman–Crippen LogP) is 3.57. The third-order valence-electron chi connectivity index (χ3n) is 2.28. The van der Waals surface area contributed by atoms with Crippen molar-refractivity contribution in [1.82, 2.24) is 4.98 Å². The lowest BCUT2D eigenvalue weighted by Gasteiger charge is -2.09. The molecule has 0 aliphatic rings. The van der Waals surface area contributed by atoms with Crippen LogP contribution < -0.4 is 9.47 Å². The molecule has 0 fully saturated rings. The summed E-state index contributed by atoms with van der Waals surface area (Å²) in [7, 11) is 1.36. The van der Waals surface area contributed by atoms with Gasteiger partial charge < -0.3 is 9.47 Å². The van der Waals surface area contributed by atoms with Gasteiger partial charge in [0.05, 0.1) is 11.6 Å². The molecule has 0 radical (unpaired) electrons. The van der Waals surface area contributed by atoms with Crippen LogP contribution in [0.4, 0.5) is 4.39 Å². The zero-order valence-corrected chi connectivity index (χ0v) is 11.3. The number of pyridine rings is 1. The van der Waals surface area contributed by atoms with E-state index in [2.05, 4.69) is 20.9 Å². The highest BCUT2D eigenvalue weighted by Gasteiger charge is 2.11. The number of nitrogens with zero attached hydrogens (tertiary/aromatic N) is 1. The quantitative estimate of drug-likeness (QED) is 0.865. The van der Waals surface area contributed by atoms with Crippen LogP contribution in [0.1, 0.15) is 5.56 Å². The molecule has 0 amide bonds. The van der Waals surface area contributed by atoms with Crippen LogP contribution in [0.5, 0.6) is 11.8 Å². The Morgan fingerprint density at radius 1 is 1.22 bits per heavy atom. The summed E-state index contributed by atoms with van der Waals surface area (Å²) in [6.45, 7) is 0.362. The molecule has 2 aromatic rings. The number of hydrogen-bond acceptors (Lipinski definition) is 3. The van der Waals surface area contributed by atoms with Crippen molar-refractivity contribution in [3.8, 4) is 11.8 Å². The molecular weight excluding hydrogens is 301 g/mol. The Morgan fingerprint density at radius 2 is 1.94 bits per heavy atom. The molecule has 0 saturated heterocycles. The second-order valence-corrected chi connectivity index (χ2v) is 4.40. The van der Waals surface area contributed by atoms with Crippen LogP contribution in [0.3, 0.4) is 0 Å². The molecule has 1 aromatic heterocycles. The minimum absolute atomic E-state index is 0.0822. The Kier molecular flexibility index (Phi) is 4.15. The van der Waals surface area contributed by atoms with Gasteiger partial charge in [0.15, 0.2) is 5.82 Å². The topological polar surface area (TPSA) is 31.4 Å². The molecule has 0 N–H and O–H groups in total. The Morgan fingerprint density at radius 3 is 2.61 bits per heavy atom. The molecule has 3 nitrogen and oxygen atoms in total. The molecule has 0 unspecified atom stereocenters. The summed E-state index contributed by atoms with van der Waals surface area (Å²) in [5, 5.41) is 0. The summed E-state index contributed by atoms with van der Waals surface area (Å²) >= 11 is 3.20. The zero-order valence-electron chi connectivity index (χ0n) is 9.69. The van der Waals surface area contributed by atoms with Gasteiger partial charge in [0.25, 0.3) is 5.88 Å². The third-order valence-corrected chi connectivity index (χ3v) is 2.84. The zero-order chi connectivity index (χ0) is 13.0. The van der Waals surface area contributed by atoms with Gasteiger partial charge in [-0.1, -0.05) is 30.3 Å². The number of rotatable bonds is 4. The molecule has 94 valence electrons. The van der Waals surface area contributed by atoms with Gasteiger partial charge in [-0.2, -0.15) is 4.98 Å². The van der Waals surface area contributed by atoms with Gasteiger partial charge in [-0.3, -0.25) is 0 Å². The maximum atomic E-state index is 13.3. The summed E-state index contributed by atoms with van der Waals surface area (Å²) in [5.74, 6) is -0.310. The molecule has 18 heavy (non-hydrogen) atoms. The van der Waals surface area contributed by atoms with Crippen LogP contribution in [0.2, 0.25) is 0 Å². The maximum Gasteiger partial charge on any atom is 0.253 e. The van der Waals surface area contributed by atoms with Crippen molar-refractivity contribution in [2.75, 3.05) is 7.11 Å². The molecule has 0 aliphatic carbocycles. The van der Waals surface area contributed by atoms with E-state index < -0.39 is 5.82 Å². The van der Waals surface area contributed by atoms with Crippen molar-refractivity contribution in [2.45, 2.75) is 6.61 Å². The summed E-state index contributed by atoms with van der Waals surface area (Å²) in [5.41, 5.74) is 1.01. The number of aromatic nitrogens is 1. The molecule has 1 aromatic carbocycles.